The van der Waals surface area contributed by atoms with Crippen molar-refractivity contribution >= 4 is 26.9 Å². The highest BCUT2D eigenvalue weighted by molar-refractivity contribution is 7.89. The van der Waals surface area contributed by atoms with Crippen LogP contribution in [0.15, 0.2) is 59.6 Å². The van der Waals surface area contributed by atoms with Crippen LogP contribution in [0.4, 0.5) is 0 Å². The number of carbonyl (C=O) groups is 1. The number of carboxylic acids is 1. The second-order valence-corrected chi connectivity index (χ2v) is 9.31. The molecule has 1 fully saturated rings. The largest absolute Gasteiger partial charge is 0.494 e. The number of piperazine rings is 1. The minimum absolute atomic E-state index is 0.204. The van der Waals surface area contributed by atoms with Crippen molar-refractivity contribution in [3.05, 3.63) is 60.3 Å². The highest BCUT2D eigenvalue weighted by Crippen LogP contribution is 2.30. The van der Waals surface area contributed by atoms with E-state index in [0.717, 1.165) is 10.9 Å². The van der Waals surface area contributed by atoms with E-state index in [1.807, 2.05) is 36.1 Å². The number of hydrogen-bond acceptors (Lipinski definition) is 5. The molecule has 0 amide bonds. The Labute approximate surface area is 181 Å². The van der Waals surface area contributed by atoms with Gasteiger partial charge in [-0.05, 0) is 37.3 Å². The molecule has 3 aromatic rings. The number of fused-ring (bicyclic) bond motifs is 1. The second kappa shape index (κ2) is 8.70. The molecule has 0 aliphatic carbocycles. The molecular formula is C22H25N3O5S. The van der Waals surface area contributed by atoms with Crippen molar-refractivity contribution in [1.82, 2.24) is 14.2 Å². The van der Waals surface area contributed by atoms with Crippen molar-refractivity contribution in [2.24, 2.45) is 0 Å². The van der Waals surface area contributed by atoms with E-state index in [-0.39, 0.29) is 18.0 Å². The van der Waals surface area contributed by atoms with E-state index in [2.05, 4.69) is 4.98 Å². The summed E-state index contributed by atoms with van der Waals surface area (Å²) in [5.74, 6) is -0.332. The number of aromatic amines is 1. The summed E-state index contributed by atoms with van der Waals surface area (Å²) in [5, 5.41) is 10.8. The number of aliphatic carboxylic acids is 1. The Kier molecular flexibility index (Phi) is 5.99. The number of H-pyrrole nitrogens is 1. The van der Waals surface area contributed by atoms with Crippen LogP contribution in [0.3, 0.4) is 0 Å². The lowest BCUT2D eigenvalue weighted by molar-refractivity contribution is -0.144. The molecule has 2 N–H and O–H groups in total. The Hall–Kier alpha value is -2.88. The molecule has 0 radical (unpaired) electrons. The van der Waals surface area contributed by atoms with Crippen LogP contribution in [0.25, 0.3) is 10.9 Å². The number of sulfonamides is 1. The molecule has 164 valence electrons. The summed E-state index contributed by atoms with van der Waals surface area (Å²) in [6.45, 7) is 3.48. The molecule has 31 heavy (non-hydrogen) atoms. The lowest BCUT2D eigenvalue weighted by atomic mass is 10.0. The second-order valence-electron chi connectivity index (χ2n) is 7.37. The van der Waals surface area contributed by atoms with E-state index in [4.69, 9.17) is 4.74 Å². The van der Waals surface area contributed by atoms with Gasteiger partial charge in [0.05, 0.1) is 11.5 Å². The molecule has 0 spiro atoms. The molecule has 2 heterocycles. The zero-order valence-electron chi connectivity index (χ0n) is 17.2. The normalized spacial score (nSPS) is 16.9. The van der Waals surface area contributed by atoms with Gasteiger partial charge in [-0.1, -0.05) is 18.2 Å². The number of nitrogens with one attached hydrogen (secondary N) is 1. The van der Waals surface area contributed by atoms with Crippen LogP contribution in [0, 0.1) is 0 Å². The maximum Gasteiger partial charge on any atom is 0.325 e. The number of hydrogen-bond donors (Lipinski definition) is 2. The summed E-state index contributed by atoms with van der Waals surface area (Å²) in [6.07, 6.45) is 1.73. The molecule has 8 nitrogen and oxygen atoms in total. The van der Waals surface area contributed by atoms with Crippen molar-refractivity contribution < 1.29 is 23.1 Å². The minimum atomic E-state index is -3.65. The van der Waals surface area contributed by atoms with Gasteiger partial charge in [0.1, 0.15) is 11.8 Å². The first-order chi connectivity index (χ1) is 14.9. The highest BCUT2D eigenvalue weighted by Gasteiger charge is 2.35. The summed E-state index contributed by atoms with van der Waals surface area (Å²) in [7, 11) is -3.65. The Morgan fingerprint density at radius 3 is 2.42 bits per heavy atom. The van der Waals surface area contributed by atoms with Gasteiger partial charge >= 0.3 is 5.97 Å². The number of para-hydroxylation sites is 1. The van der Waals surface area contributed by atoms with E-state index in [1.54, 1.807) is 30.5 Å². The van der Waals surface area contributed by atoms with Crippen molar-refractivity contribution in [1.29, 1.82) is 0 Å². The molecule has 2 aromatic carbocycles. The number of benzene rings is 2. The lowest BCUT2D eigenvalue weighted by Gasteiger charge is -2.37. The maximum absolute atomic E-state index is 13.0. The monoisotopic (exact) mass is 443 g/mol. The fraction of sp³-hybridized carbons (Fsp3) is 0.318. The molecule has 1 aliphatic rings. The predicted octanol–water partition coefficient (Wildman–Crippen LogP) is 2.70. The molecule has 1 atom stereocenters. The first kappa shape index (κ1) is 21.4. The Bertz CT molecular complexity index is 1170. The Morgan fingerprint density at radius 2 is 1.77 bits per heavy atom. The van der Waals surface area contributed by atoms with E-state index < -0.39 is 22.0 Å². The van der Waals surface area contributed by atoms with Gasteiger partial charge in [-0.15, -0.1) is 0 Å². The first-order valence-electron chi connectivity index (χ1n) is 10.2. The molecule has 0 saturated carbocycles. The van der Waals surface area contributed by atoms with Gasteiger partial charge in [-0.3, -0.25) is 9.69 Å². The molecule has 1 saturated heterocycles. The van der Waals surface area contributed by atoms with E-state index in [9.17, 15) is 18.3 Å². The Morgan fingerprint density at radius 1 is 1.10 bits per heavy atom. The van der Waals surface area contributed by atoms with Gasteiger partial charge in [0.15, 0.2) is 0 Å². The standard InChI is InChI=1S/C22H25N3O5S/c1-2-30-16-7-9-17(10-8-16)31(28,29)25-13-11-24(12-14-25)21(22(26)27)19-15-23-20-6-4-3-5-18(19)20/h3-10,15,21,23H,2,11-14H2,1H3,(H,26,27). The van der Waals surface area contributed by atoms with Gasteiger partial charge in [0, 0.05) is 48.8 Å². The SMILES string of the molecule is CCOc1ccc(S(=O)(=O)N2CCN(C(C(=O)O)c3c[nH]c4ccccc34)CC2)cc1. The number of ether oxygens (including phenoxy) is 1. The van der Waals surface area contributed by atoms with Crippen LogP contribution >= 0.6 is 0 Å². The minimum Gasteiger partial charge on any atom is -0.494 e. The van der Waals surface area contributed by atoms with Crippen molar-refractivity contribution in [2.45, 2.75) is 17.9 Å². The molecular weight excluding hydrogens is 418 g/mol. The maximum atomic E-state index is 13.0. The predicted molar refractivity (Wildman–Crippen MR) is 117 cm³/mol. The average Bonchev–Trinajstić information content (AvgIpc) is 3.18. The zero-order chi connectivity index (χ0) is 22.0. The van der Waals surface area contributed by atoms with Crippen molar-refractivity contribution in [3.8, 4) is 5.75 Å². The third-order valence-electron chi connectivity index (χ3n) is 5.56. The van der Waals surface area contributed by atoms with Crippen LogP contribution in [0.2, 0.25) is 0 Å². The fourth-order valence-electron chi connectivity index (χ4n) is 4.03. The van der Waals surface area contributed by atoms with Crippen LogP contribution in [-0.4, -0.2) is 66.5 Å². The quantitative estimate of drug-likeness (QED) is 0.582. The third kappa shape index (κ3) is 4.16. The molecule has 1 unspecified atom stereocenters. The lowest BCUT2D eigenvalue weighted by Crippen LogP contribution is -2.50. The van der Waals surface area contributed by atoms with E-state index >= 15 is 0 Å². The molecule has 9 heteroatoms. The molecule has 1 aliphatic heterocycles. The number of aromatic nitrogens is 1. The number of rotatable bonds is 7. The Balaban J connectivity index is 1.50. The summed E-state index contributed by atoms with van der Waals surface area (Å²) >= 11 is 0. The zero-order valence-corrected chi connectivity index (χ0v) is 18.0. The highest BCUT2D eigenvalue weighted by atomic mass is 32.2. The van der Waals surface area contributed by atoms with Crippen LogP contribution in [0.5, 0.6) is 5.75 Å². The summed E-state index contributed by atoms with van der Waals surface area (Å²) in [6, 6.07) is 13.1. The third-order valence-corrected chi connectivity index (χ3v) is 7.47. The number of carboxylic acid groups (broad SMARTS) is 1. The fourth-order valence-corrected chi connectivity index (χ4v) is 5.45. The van der Waals surface area contributed by atoms with Gasteiger partial charge in [-0.2, -0.15) is 4.31 Å². The van der Waals surface area contributed by atoms with Crippen molar-refractivity contribution in [3.63, 3.8) is 0 Å². The molecule has 1 aromatic heterocycles. The van der Waals surface area contributed by atoms with Gasteiger partial charge in [-0.25, -0.2) is 8.42 Å². The van der Waals surface area contributed by atoms with Gasteiger partial charge in [0.25, 0.3) is 0 Å². The summed E-state index contributed by atoms with van der Waals surface area (Å²) < 4.78 is 32.8. The summed E-state index contributed by atoms with van der Waals surface area (Å²) in [4.78, 5) is 17.3. The van der Waals surface area contributed by atoms with Crippen LogP contribution in [-0.2, 0) is 14.8 Å². The average molecular weight is 444 g/mol. The van der Waals surface area contributed by atoms with Gasteiger partial charge in [0.2, 0.25) is 10.0 Å². The van der Waals surface area contributed by atoms with E-state index in [0.29, 0.717) is 31.0 Å². The first-order valence-corrected chi connectivity index (χ1v) is 11.6. The molecule has 0 bridgehead atoms. The summed E-state index contributed by atoms with van der Waals surface area (Å²) in [5.41, 5.74) is 1.56. The van der Waals surface area contributed by atoms with E-state index in [1.165, 1.54) is 4.31 Å². The van der Waals surface area contributed by atoms with Crippen LogP contribution in [0.1, 0.15) is 18.5 Å². The van der Waals surface area contributed by atoms with Crippen molar-refractivity contribution in [2.75, 3.05) is 32.8 Å². The number of nitrogens with zero attached hydrogens (tertiary/aromatic N) is 2. The smallest absolute Gasteiger partial charge is 0.325 e. The topological polar surface area (TPSA) is 103 Å². The molecule has 4 rings (SSSR count). The van der Waals surface area contributed by atoms with Crippen LogP contribution < -0.4 is 4.74 Å². The van der Waals surface area contributed by atoms with Gasteiger partial charge < -0.3 is 14.8 Å².